The normalized spacial score (nSPS) is 52.6. The Morgan fingerprint density at radius 2 is 1.78 bits per heavy atom. The SMILES string of the molecule is CC(=O)[C@H]1CC[C@H]2[C@@H]3CC[C@@H]4C[C@@](O)(C(F)(F)F)CC[C@@H]4[C@H]3CC(Br)[C@]12C. The van der Waals surface area contributed by atoms with Gasteiger partial charge < -0.3 is 5.11 Å². The number of ketones is 1. The van der Waals surface area contributed by atoms with E-state index in [1.165, 1.54) is 0 Å². The summed E-state index contributed by atoms with van der Waals surface area (Å²) in [5, 5.41) is 10.2. The van der Waals surface area contributed by atoms with Crippen molar-refractivity contribution in [3.05, 3.63) is 0 Å². The topological polar surface area (TPSA) is 37.3 Å². The summed E-state index contributed by atoms with van der Waals surface area (Å²) in [4.78, 5) is 12.5. The molecule has 0 aromatic rings. The van der Waals surface area contributed by atoms with Gasteiger partial charge in [0, 0.05) is 10.7 Å². The highest BCUT2D eigenvalue weighted by Crippen LogP contribution is 2.66. The van der Waals surface area contributed by atoms with Crippen LogP contribution in [-0.4, -0.2) is 27.5 Å². The van der Waals surface area contributed by atoms with E-state index in [0.29, 0.717) is 24.2 Å². The van der Waals surface area contributed by atoms with E-state index < -0.39 is 11.8 Å². The zero-order valence-corrected chi connectivity index (χ0v) is 17.7. The van der Waals surface area contributed by atoms with E-state index in [0.717, 1.165) is 32.1 Å². The molecule has 0 spiro atoms. The number of carbonyl (C=O) groups is 1. The molecule has 4 rings (SSSR count). The summed E-state index contributed by atoms with van der Waals surface area (Å²) in [5.41, 5.74) is -2.52. The van der Waals surface area contributed by atoms with Crippen LogP contribution in [0.4, 0.5) is 13.2 Å². The largest absolute Gasteiger partial charge is 0.417 e. The standard InChI is InChI=1S/C21H30BrF3O2/c1-11(26)16-5-6-17-14-4-3-12-10-20(27,21(23,24)25)8-7-13(12)15(14)9-18(22)19(16,17)2/h12-18,27H,3-10H2,1-2H3/t12-,13+,14-,15-,16-,17+,18?,19-,20-/m1/s1. The molecule has 0 radical (unpaired) electrons. The molecule has 0 amide bonds. The van der Waals surface area contributed by atoms with Crippen LogP contribution >= 0.6 is 15.9 Å². The summed E-state index contributed by atoms with van der Waals surface area (Å²) in [6.07, 6.45) is 0.351. The number of fused-ring (bicyclic) bond motifs is 5. The van der Waals surface area contributed by atoms with E-state index >= 15 is 0 Å². The van der Waals surface area contributed by atoms with Crippen molar-refractivity contribution in [1.82, 2.24) is 0 Å². The number of carbonyl (C=O) groups excluding carboxylic acids is 1. The maximum absolute atomic E-state index is 13.3. The van der Waals surface area contributed by atoms with E-state index in [-0.39, 0.29) is 46.6 Å². The van der Waals surface area contributed by atoms with Crippen LogP contribution in [0.5, 0.6) is 0 Å². The van der Waals surface area contributed by atoms with Gasteiger partial charge in [-0.3, -0.25) is 4.79 Å². The van der Waals surface area contributed by atoms with Gasteiger partial charge in [0.15, 0.2) is 5.60 Å². The lowest BCUT2D eigenvalue weighted by Gasteiger charge is -2.58. The summed E-state index contributed by atoms with van der Waals surface area (Å²) < 4.78 is 40.0. The average molecular weight is 451 g/mol. The number of hydrogen-bond acceptors (Lipinski definition) is 2. The lowest BCUT2D eigenvalue weighted by Crippen LogP contribution is -2.57. The molecule has 0 aliphatic heterocycles. The van der Waals surface area contributed by atoms with Crippen molar-refractivity contribution in [2.75, 3.05) is 0 Å². The quantitative estimate of drug-likeness (QED) is 0.534. The van der Waals surface area contributed by atoms with Gasteiger partial charge in [-0.05, 0) is 93.3 Å². The van der Waals surface area contributed by atoms with Crippen molar-refractivity contribution in [2.45, 2.75) is 81.8 Å². The van der Waals surface area contributed by atoms with Crippen LogP contribution in [0.25, 0.3) is 0 Å². The van der Waals surface area contributed by atoms with Crippen molar-refractivity contribution >= 4 is 21.7 Å². The first-order valence-electron chi connectivity index (χ1n) is 10.4. The van der Waals surface area contributed by atoms with Crippen molar-refractivity contribution < 1.29 is 23.1 Å². The van der Waals surface area contributed by atoms with Gasteiger partial charge in [0.05, 0.1) is 0 Å². The highest BCUT2D eigenvalue weighted by molar-refractivity contribution is 9.09. The van der Waals surface area contributed by atoms with Gasteiger partial charge in [-0.15, -0.1) is 0 Å². The molecular weight excluding hydrogens is 421 g/mol. The van der Waals surface area contributed by atoms with Gasteiger partial charge >= 0.3 is 6.18 Å². The minimum atomic E-state index is -4.53. The van der Waals surface area contributed by atoms with Crippen LogP contribution in [0.15, 0.2) is 0 Å². The predicted molar refractivity (Wildman–Crippen MR) is 100 cm³/mol. The fourth-order valence-electron chi connectivity index (χ4n) is 7.74. The van der Waals surface area contributed by atoms with Gasteiger partial charge in [-0.2, -0.15) is 13.2 Å². The molecule has 1 N–H and O–H groups in total. The molecule has 0 bridgehead atoms. The van der Waals surface area contributed by atoms with Crippen molar-refractivity contribution in [1.29, 1.82) is 0 Å². The van der Waals surface area contributed by atoms with Crippen LogP contribution in [-0.2, 0) is 4.79 Å². The molecule has 27 heavy (non-hydrogen) atoms. The molecule has 1 unspecified atom stereocenters. The third kappa shape index (κ3) is 2.86. The molecule has 4 fully saturated rings. The predicted octanol–water partition coefficient (Wildman–Crippen LogP) is 5.51. The fraction of sp³-hybridized carbons (Fsp3) is 0.952. The fourth-order valence-corrected chi connectivity index (χ4v) is 8.83. The third-order valence-corrected chi connectivity index (χ3v) is 10.4. The molecule has 0 aromatic carbocycles. The van der Waals surface area contributed by atoms with E-state index in [1.54, 1.807) is 6.92 Å². The molecule has 4 aliphatic rings. The Morgan fingerprint density at radius 3 is 2.41 bits per heavy atom. The third-order valence-electron chi connectivity index (χ3n) is 9.07. The number of Topliss-reactive ketones (excluding diaryl/α,β-unsaturated/α-hetero) is 1. The summed E-state index contributed by atoms with van der Waals surface area (Å²) >= 11 is 3.91. The van der Waals surface area contributed by atoms with Crippen LogP contribution in [0.2, 0.25) is 0 Å². The van der Waals surface area contributed by atoms with Gasteiger partial charge in [0.25, 0.3) is 0 Å². The minimum absolute atomic E-state index is 0.0266. The first-order chi connectivity index (χ1) is 12.5. The van der Waals surface area contributed by atoms with E-state index in [4.69, 9.17) is 0 Å². The Kier molecular flexibility index (Phi) is 4.82. The molecule has 4 saturated carbocycles. The summed E-state index contributed by atoms with van der Waals surface area (Å²) in [5.74, 6) is 2.07. The van der Waals surface area contributed by atoms with Crippen LogP contribution < -0.4 is 0 Å². The zero-order chi connectivity index (χ0) is 19.8. The maximum atomic E-state index is 13.3. The van der Waals surface area contributed by atoms with Crippen LogP contribution in [0, 0.1) is 40.9 Å². The van der Waals surface area contributed by atoms with Crippen molar-refractivity contribution in [2.24, 2.45) is 40.9 Å². The number of halogens is 4. The molecule has 0 heterocycles. The van der Waals surface area contributed by atoms with Gasteiger partial charge in [0.2, 0.25) is 0 Å². The number of alkyl halides is 4. The minimum Gasteiger partial charge on any atom is -0.380 e. The lowest BCUT2D eigenvalue weighted by molar-refractivity contribution is -0.282. The lowest BCUT2D eigenvalue weighted by atomic mass is 9.48. The molecule has 0 saturated heterocycles. The Hall–Kier alpha value is -0.100. The smallest absolute Gasteiger partial charge is 0.380 e. The molecular formula is C21H30BrF3O2. The molecule has 154 valence electrons. The average Bonchev–Trinajstić information content (AvgIpc) is 2.93. The monoisotopic (exact) mass is 450 g/mol. The van der Waals surface area contributed by atoms with Crippen molar-refractivity contribution in [3.8, 4) is 0 Å². The van der Waals surface area contributed by atoms with Crippen LogP contribution in [0.3, 0.4) is 0 Å². The second-order valence-electron chi connectivity index (χ2n) is 10.0. The molecule has 0 aromatic heterocycles. The molecule has 6 heteroatoms. The highest BCUT2D eigenvalue weighted by Gasteiger charge is 2.64. The second-order valence-corrected chi connectivity index (χ2v) is 11.1. The maximum Gasteiger partial charge on any atom is 0.417 e. The Labute approximate surface area is 167 Å². The molecule has 2 nitrogen and oxygen atoms in total. The second kappa shape index (κ2) is 6.45. The number of rotatable bonds is 1. The van der Waals surface area contributed by atoms with Crippen LogP contribution in [0.1, 0.15) is 65.2 Å². The van der Waals surface area contributed by atoms with Gasteiger partial charge in [-0.1, -0.05) is 22.9 Å². The summed E-state index contributed by atoms with van der Waals surface area (Å²) in [6.45, 7) is 3.97. The first-order valence-corrected chi connectivity index (χ1v) is 11.3. The molecule has 9 atom stereocenters. The highest BCUT2D eigenvalue weighted by atomic mass is 79.9. The summed E-state index contributed by atoms with van der Waals surface area (Å²) in [6, 6.07) is 0. The Bertz CT molecular complexity index is 623. The van der Waals surface area contributed by atoms with E-state index in [1.807, 2.05) is 0 Å². The zero-order valence-electron chi connectivity index (χ0n) is 16.1. The number of aliphatic hydroxyl groups is 1. The number of hydrogen-bond donors (Lipinski definition) is 1. The van der Waals surface area contributed by atoms with Gasteiger partial charge in [0.1, 0.15) is 5.78 Å². The first kappa shape index (κ1) is 20.2. The van der Waals surface area contributed by atoms with E-state index in [9.17, 15) is 23.1 Å². The van der Waals surface area contributed by atoms with Crippen molar-refractivity contribution in [3.63, 3.8) is 0 Å². The Balaban J connectivity index is 1.57. The Morgan fingerprint density at radius 1 is 1.07 bits per heavy atom. The van der Waals surface area contributed by atoms with Gasteiger partial charge in [-0.25, -0.2) is 0 Å². The summed E-state index contributed by atoms with van der Waals surface area (Å²) in [7, 11) is 0. The molecule has 4 aliphatic carbocycles. The van der Waals surface area contributed by atoms with E-state index in [2.05, 4.69) is 22.9 Å².